The smallest absolute Gasteiger partial charge is 0.174 e. The number of ether oxygens (including phenoxy) is 4. The van der Waals surface area contributed by atoms with Gasteiger partial charge in [-0.05, 0) is 36.4 Å². The van der Waals surface area contributed by atoms with Crippen molar-refractivity contribution in [2.75, 3.05) is 28.4 Å². The third kappa shape index (κ3) is 4.09. The van der Waals surface area contributed by atoms with E-state index in [1.54, 1.807) is 36.4 Å². The number of Topliss-reactive ketones (excluding diaryl/α,β-unsaturated/α-hetero) is 2. The Kier molecular flexibility index (Phi) is 6.00. The van der Waals surface area contributed by atoms with E-state index in [4.69, 9.17) is 18.9 Å². The molecule has 2 rings (SSSR count). The second-order valence-corrected chi connectivity index (χ2v) is 5.16. The van der Waals surface area contributed by atoms with E-state index in [2.05, 4.69) is 0 Å². The molecule has 0 N–H and O–H groups in total. The molecule has 0 unspecified atom stereocenters. The number of rotatable bonds is 8. The highest BCUT2D eigenvalue weighted by molar-refractivity contribution is 6.15. The molecule has 0 fully saturated rings. The monoisotopic (exact) mass is 344 g/mol. The summed E-state index contributed by atoms with van der Waals surface area (Å²) in [6.07, 6.45) is -0.326. The molecule has 0 spiro atoms. The van der Waals surface area contributed by atoms with Crippen molar-refractivity contribution >= 4 is 11.6 Å². The summed E-state index contributed by atoms with van der Waals surface area (Å²) >= 11 is 0. The van der Waals surface area contributed by atoms with E-state index in [9.17, 15) is 9.59 Å². The molecule has 6 heteroatoms. The maximum atomic E-state index is 12.6. The lowest BCUT2D eigenvalue weighted by Gasteiger charge is -2.11. The van der Waals surface area contributed by atoms with E-state index < -0.39 is 0 Å². The molecule has 0 aromatic heterocycles. The standard InChI is InChI=1S/C19H20O6/c1-22-12-5-7-18(24-3)14(9-12)16(20)11-17(21)15-10-13(23-2)6-8-19(15)25-4/h5-10H,11H2,1-4H3. The van der Waals surface area contributed by atoms with Crippen LogP contribution in [0.15, 0.2) is 36.4 Å². The van der Waals surface area contributed by atoms with Gasteiger partial charge >= 0.3 is 0 Å². The van der Waals surface area contributed by atoms with Gasteiger partial charge in [-0.15, -0.1) is 0 Å². The number of carbonyl (C=O) groups excluding carboxylic acids is 2. The zero-order chi connectivity index (χ0) is 18.4. The van der Waals surface area contributed by atoms with Crippen molar-refractivity contribution in [3.05, 3.63) is 47.5 Å². The number of ketones is 2. The van der Waals surface area contributed by atoms with Gasteiger partial charge in [-0.3, -0.25) is 9.59 Å². The Morgan fingerprint density at radius 2 is 1.08 bits per heavy atom. The van der Waals surface area contributed by atoms with E-state index in [0.29, 0.717) is 23.0 Å². The van der Waals surface area contributed by atoms with Gasteiger partial charge in [0.1, 0.15) is 23.0 Å². The van der Waals surface area contributed by atoms with E-state index in [1.165, 1.54) is 28.4 Å². The fourth-order valence-corrected chi connectivity index (χ4v) is 2.40. The van der Waals surface area contributed by atoms with Crippen molar-refractivity contribution in [3.8, 4) is 23.0 Å². The van der Waals surface area contributed by atoms with Gasteiger partial charge in [0.15, 0.2) is 11.6 Å². The van der Waals surface area contributed by atoms with Gasteiger partial charge in [0.25, 0.3) is 0 Å². The van der Waals surface area contributed by atoms with Crippen LogP contribution in [0.2, 0.25) is 0 Å². The van der Waals surface area contributed by atoms with Crippen LogP contribution >= 0.6 is 0 Å². The van der Waals surface area contributed by atoms with Crippen molar-refractivity contribution in [2.45, 2.75) is 6.42 Å². The van der Waals surface area contributed by atoms with Crippen molar-refractivity contribution in [1.82, 2.24) is 0 Å². The Morgan fingerprint density at radius 1 is 0.680 bits per heavy atom. The molecule has 2 aromatic carbocycles. The Labute approximate surface area is 146 Å². The van der Waals surface area contributed by atoms with E-state index in [-0.39, 0.29) is 29.1 Å². The highest BCUT2D eigenvalue weighted by Crippen LogP contribution is 2.28. The molecule has 6 nitrogen and oxygen atoms in total. The van der Waals surface area contributed by atoms with Crippen LogP contribution in [0, 0.1) is 0 Å². The second kappa shape index (κ2) is 8.19. The predicted molar refractivity (Wildman–Crippen MR) is 92.4 cm³/mol. The van der Waals surface area contributed by atoms with Crippen molar-refractivity contribution in [3.63, 3.8) is 0 Å². The van der Waals surface area contributed by atoms with Gasteiger partial charge < -0.3 is 18.9 Å². The highest BCUT2D eigenvalue weighted by atomic mass is 16.5. The summed E-state index contributed by atoms with van der Waals surface area (Å²) in [6.45, 7) is 0. The third-order valence-electron chi connectivity index (χ3n) is 3.74. The topological polar surface area (TPSA) is 71.1 Å². The lowest BCUT2D eigenvalue weighted by Crippen LogP contribution is -2.11. The fraction of sp³-hybridized carbons (Fsp3) is 0.263. The van der Waals surface area contributed by atoms with Crippen LogP contribution in [0.3, 0.4) is 0 Å². The SMILES string of the molecule is COc1ccc(OC)c(C(=O)CC(=O)c2cc(OC)ccc2OC)c1. The first-order chi connectivity index (χ1) is 12.0. The summed E-state index contributed by atoms with van der Waals surface area (Å²) in [5.41, 5.74) is 0.578. The van der Waals surface area contributed by atoms with Crippen LogP contribution in [-0.4, -0.2) is 40.0 Å². The van der Waals surface area contributed by atoms with E-state index in [0.717, 1.165) is 0 Å². The quantitative estimate of drug-likeness (QED) is 0.541. The molecular weight excluding hydrogens is 324 g/mol. The summed E-state index contributed by atoms with van der Waals surface area (Å²) in [5, 5.41) is 0. The minimum atomic E-state index is -0.370. The van der Waals surface area contributed by atoms with Gasteiger partial charge in [-0.2, -0.15) is 0 Å². The average Bonchev–Trinajstić information content (AvgIpc) is 2.66. The molecule has 0 aliphatic carbocycles. The van der Waals surface area contributed by atoms with Crippen LogP contribution < -0.4 is 18.9 Å². The van der Waals surface area contributed by atoms with E-state index in [1.807, 2.05) is 0 Å². The first-order valence-electron chi connectivity index (χ1n) is 7.54. The molecule has 0 heterocycles. The zero-order valence-electron chi connectivity index (χ0n) is 14.6. The molecule has 0 atom stereocenters. The van der Waals surface area contributed by atoms with Crippen LogP contribution in [0.1, 0.15) is 27.1 Å². The number of carbonyl (C=O) groups is 2. The number of methoxy groups -OCH3 is 4. The number of benzene rings is 2. The zero-order valence-corrected chi connectivity index (χ0v) is 14.6. The average molecular weight is 344 g/mol. The predicted octanol–water partition coefficient (Wildman–Crippen LogP) is 3.18. The minimum absolute atomic E-state index is 0.289. The Hall–Kier alpha value is -3.02. The van der Waals surface area contributed by atoms with Crippen LogP contribution in [0.5, 0.6) is 23.0 Å². The van der Waals surface area contributed by atoms with Crippen molar-refractivity contribution < 1.29 is 28.5 Å². The summed E-state index contributed by atoms with van der Waals surface area (Å²) in [6, 6.07) is 9.73. The molecular formula is C19H20O6. The Balaban J connectivity index is 2.31. The molecule has 0 aliphatic heterocycles. The first-order valence-corrected chi connectivity index (χ1v) is 7.54. The molecule has 0 radical (unpaired) electrons. The number of hydrogen-bond donors (Lipinski definition) is 0. The maximum absolute atomic E-state index is 12.6. The lowest BCUT2D eigenvalue weighted by molar-refractivity contribution is 0.0891. The maximum Gasteiger partial charge on any atom is 0.174 e. The van der Waals surface area contributed by atoms with Crippen LogP contribution in [0.4, 0.5) is 0 Å². The molecule has 132 valence electrons. The molecule has 0 saturated carbocycles. The van der Waals surface area contributed by atoms with E-state index >= 15 is 0 Å². The van der Waals surface area contributed by atoms with Crippen LogP contribution in [0.25, 0.3) is 0 Å². The fourth-order valence-electron chi connectivity index (χ4n) is 2.40. The molecule has 0 amide bonds. The summed E-state index contributed by atoms with van der Waals surface area (Å²) in [5.74, 6) is 1.05. The third-order valence-corrected chi connectivity index (χ3v) is 3.74. The molecule has 0 saturated heterocycles. The summed E-state index contributed by atoms with van der Waals surface area (Å²) < 4.78 is 20.7. The van der Waals surface area contributed by atoms with Crippen LogP contribution in [-0.2, 0) is 0 Å². The molecule has 2 aromatic rings. The Bertz CT molecular complexity index is 716. The van der Waals surface area contributed by atoms with Gasteiger partial charge in [0, 0.05) is 0 Å². The summed E-state index contributed by atoms with van der Waals surface area (Å²) in [7, 11) is 5.93. The van der Waals surface area contributed by atoms with Crippen molar-refractivity contribution in [2.24, 2.45) is 0 Å². The Morgan fingerprint density at radius 3 is 1.40 bits per heavy atom. The van der Waals surface area contributed by atoms with Gasteiger partial charge in [0.2, 0.25) is 0 Å². The first kappa shape index (κ1) is 18.3. The largest absolute Gasteiger partial charge is 0.497 e. The molecule has 25 heavy (non-hydrogen) atoms. The van der Waals surface area contributed by atoms with Gasteiger partial charge in [-0.1, -0.05) is 0 Å². The normalized spacial score (nSPS) is 10.1. The van der Waals surface area contributed by atoms with Gasteiger partial charge in [0.05, 0.1) is 46.0 Å². The lowest BCUT2D eigenvalue weighted by atomic mass is 10.00. The van der Waals surface area contributed by atoms with Gasteiger partial charge in [-0.25, -0.2) is 0 Å². The molecule has 0 bridgehead atoms. The summed E-state index contributed by atoms with van der Waals surface area (Å²) in [4.78, 5) is 25.2. The highest BCUT2D eigenvalue weighted by Gasteiger charge is 2.21. The minimum Gasteiger partial charge on any atom is -0.497 e. The van der Waals surface area contributed by atoms with Crippen molar-refractivity contribution in [1.29, 1.82) is 0 Å². The molecule has 0 aliphatic rings. The number of hydrogen-bond acceptors (Lipinski definition) is 6. The second-order valence-electron chi connectivity index (χ2n) is 5.16.